The number of benzene rings is 1. The molecule has 0 N–H and O–H groups in total. The number of likely N-dealkylation sites (tertiary alicyclic amines) is 2. The SMILES string of the molecule is CN(C)CCN1CC[C@@H]2C1CCN2Cc1ccc2c(c1)OCO2. The number of rotatable bonds is 5. The van der Waals surface area contributed by atoms with Gasteiger partial charge in [-0.05, 0) is 44.6 Å². The van der Waals surface area contributed by atoms with Gasteiger partial charge >= 0.3 is 0 Å². The Bertz CT molecular complexity index is 563. The molecule has 3 aliphatic heterocycles. The lowest BCUT2D eigenvalue weighted by Crippen LogP contribution is -2.39. The molecule has 3 heterocycles. The summed E-state index contributed by atoms with van der Waals surface area (Å²) >= 11 is 0. The highest BCUT2D eigenvalue weighted by atomic mass is 16.7. The summed E-state index contributed by atoms with van der Waals surface area (Å²) in [5.41, 5.74) is 1.33. The molecule has 1 unspecified atom stereocenters. The minimum Gasteiger partial charge on any atom is -0.454 e. The monoisotopic (exact) mass is 317 g/mol. The van der Waals surface area contributed by atoms with E-state index in [0.29, 0.717) is 6.79 Å². The average Bonchev–Trinajstić information content (AvgIpc) is 3.22. The van der Waals surface area contributed by atoms with Gasteiger partial charge in [0.2, 0.25) is 6.79 Å². The summed E-state index contributed by atoms with van der Waals surface area (Å²) in [6.45, 7) is 6.20. The van der Waals surface area contributed by atoms with Crippen molar-refractivity contribution in [2.75, 3.05) is 47.1 Å². The first-order chi connectivity index (χ1) is 11.2. The Labute approximate surface area is 138 Å². The topological polar surface area (TPSA) is 28.2 Å². The zero-order valence-corrected chi connectivity index (χ0v) is 14.2. The molecule has 2 saturated heterocycles. The Morgan fingerprint density at radius 1 is 1.04 bits per heavy atom. The molecule has 2 fully saturated rings. The van der Waals surface area contributed by atoms with Crippen LogP contribution < -0.4 is 9.47 Å². The van der Waals surface area contributed by atoms with Crippen molar-refractivity contribution < 1.29 is 9.47 Å². The molecule has 1 aromatic carbocycles. The van der Waals surface area contributed by atoms with Crippen LogP contribution in [0.15, 0.2) is 18.2 Å². The fourth-order valence-electron chi connectivity index (χ4n) is 4.24. The molecule has 0 aromatic heterocycles. The van der Waals surface area contributed by atoms with E-state index in [0.717, 1.165) is 36.7 Å². The van der Waals surface area contributed by atoms with E-state index in [1.807, 2.05) is 6.07 Å². The highest BCUT2D eigenvalue weighted by Gasteiger charge is 2.41. The zero-order chi connectivity index (χ0) is 15.8. The van der Waals surface area contributed by atoms with Gasteiger partial charge in [-0.15, -0.1) is 0 Å². The standard InChI is InChI=1S/C18H27N3O2/c1-19(2)9-10-20-7-5-16-15(20)6-8-21(16)12-14-3-4-17-18(11-14)23-13-22-17/h3-4,11,15-16H,5-10,12-13H2,1-2H3/t15?,16-/m1/s1. The summed E-state index contributed by atoms with van der Waals surface area (Å²) in [6, 6.07) is 7.85. The van der Waals surface area contributed by atoms with Crippen LogP contribution in [0.4, 0.5) is 0 Å². The van der Waals surface area contributed by atoms with Crippen molar-refractivity contribution in [3.05, 3.63) is 23.8 Å². The van der Waals surface area contributed by atoms with E-state index in [9.17, 15) is 0 Å². The van der Waals surface area contributed by atoms with E-state index in [1.54, 1.807) is 0 Å². The maximum atomic E-state index is 5.51. The van der Waals surface area contributed by atoms with Gasteiger partial charge in [0, 0.05) is 44.8 Å². The first-order valence-electron chi connectivity index (χ1n) is 8.72. The molecule has 3 aliphatic rings. The molecule has 0 spiro atoms. The number of hydrogen-bond acceptors (Lipinski definition) is 5. The molecule has 1 aromatic rings. The summed E-state index contributed by atoms with van der Waals surface area (Å²) in [4.78, 5) is 7.65. The third-order valence-corrected chi connectivity index (χ3v) is 5.46. The Balaban J connectivity index is 1.38. The van der Waals surface area contributed by atoms with E-state index in [2.05, 4.69) is 40.9 Å². The summed E-state index contributed by atoms with van der Waals surface area (Å²) in [7, 11) is 4.32. The van der Waals surface area contributed by atoms with Crippen molar-refractivity contribution in [3.8, 4) is 11.5 Å². The van der Waals surface area contributed by atoms with Gasteiger partial charge in [0.15, 0.2) is 11.5 Å². The maximum Gasteiger partial charge on any atom is 0.231 e. The average molecular weight is 317 g/mol. The lowest BCUT2D eigenvalue weighted by Gasteiger charge is -2.26. The second-order valence-corrected chi connectivity index (χ2v) is 7.21. The minimum absolute atomic E-state index is 0.355. The Morgan fingerprint density at radius 2 is 1.78 bits per heavy atom. The van der Waals surface area contributed by atoms with Crippen molar-refractivity contribution in [1.82, 2.24) is 14.7 Å². The normalized spacial score (nSPS) is 27.1. The zero-order valence-electron chi connectivity index (χ0n) is 14.2. The Hall–Kier alpha value is -1.30. The Kier molecular flexibility index (Phi) is 4.18. The van der Waals surface area contributed by atoms with Crippen molar-refractivity contribution in [1.29, 1.82) is 0 Å². The van der Waals surface area contributed by atoms with Crippen LogP contribution in [0, 0.1) is 0 Å². The Morgan fingerprint density at radius 3 is 2.61 bits per heavy atom. The van der Waals surface area contributed by atoms with Gasteiger partial charge in [-0.25, -0.2) is 0 Å². The molecule has 2 atom stereocenters. The third-order valence-electron chi connectivity index (χ3n) is 5.46. The van der Waals surface area contributed by atoms with E-state index < -0.39 is 0 Å². The second-order valence-electron chi connectivity index (χ2n) is 7.21. The number of ether oxygens (including phenoxy) is 2. The third kappa shape index (κ3) is 3.05. The summed E-state index contributed by atoms with van der Waals surface area (Å²) in [6.07, 6.45) is 2.62. The fourth-order valence-corrected chi connectivity index (χ4v) is 4.24. The van der Waals surface area contributed by atoms with Crippen LogP contribution >= 0.6 is 0 Å². The van der Waals surface area contributed by atoms with Gasteiger partial charge in [-0.2, -0.15) is 0 Å². The maximum absolute atomic E-state index is 5.51. The number of nitrogens with zero attached hydrogens (tertiary/aromatic N) is 3. The molecular weight excluding hydrogens is 290 g/mol. The molecule has 0 saturated carbocycles. The summed E-state index contributed by atoms with van der Waals surface area (Å²) in [5, 5.41) is 0. The van der Waals surface area contributed by atoms with Crippen molar-refractivity contribution in [2.24, 2.45) is 0 Å². The molecule has 5 heteroatoms. The van der Waals surface area contributed by atoms with Crippen molar-refractivity contribution in [3.63, 3.8) is 0 Å². The number of likely N-dealkylation sites (N-methyl/N-ethyl adjacent to an activating group) is 1. The van der Waals surface area contributed by atoms with Crippen LogP contribution in [0.1, 0.15) is 18.4 Å². The highest BCUT2D eigenvalue weighted by Crippen LogP contribution is 2.35. The number of fused-ring (bicyclic) bond motifs is 2. The van der Waals surface area contributed by atoms with Gasteiger partial charge in [0.1, 0.15) is 0 Å². The van der Waals surface area contributed by atoms with Gasteiger partial charge in [-0.3, -0.25) is 9.80 Å². The minimum atomic E-state index is 0.355. The van der Waals surface area contributed by atoms with Crippen LogP contribution in [0.5, 0.6) is 11.5 Å². The molecule has 4 rings (SSSR count). The molecule has 0 radical (unpaired) electrons. The van der Waals surface area contributed by atoms with Gasteiger partial charge < -0.3 is 14.4 Å². The molecule has 126 valence electrons. The molecule has 0 aliphatic carbocycles. The molecular formula is C18H27N3O2. The molecule has 0 bridgehead atoms. The molecule has 5 nitrogen and oxygen atoms in total. The van der Waals surface area contributed by atoms with Crippen LogP contribution in [-0.2, 0) is 6.54 Å². The predicted octanol–water partition coefficient (Wildman–Crippen LogP) is 1.63. The molecule has 23 heavy (non-hydrogen) atoms. The smallest absolute Gasteiger partial charge is 0.231 e. The highest BCUT2D eigenvalue weighted by molar-refractivity contribution is 5.44. The van der Waals surface area contributed by atoms with Crippen molar-refractivity contribution >= 4 is 0 Å². The largest absolute Gasteiger partial charge is 0.454 e. The van der Waals surface area contributed by atoms with Gasteiger partial charge in [-0.1, -0.05) is 6.07 Å². The van der Waals surface area contributed by atoms with E-state index >= 15 is 0 Å². The number of hydrogen-bond donors (Lipinski definition) is 0. The summed E-state index contributed by atoms with van der Waals surface area (Å²) < 4.78 is 10.9. The summed E-state index contributed by atoms with van der Waals surface area (Å²) in [5.74, 6) is 1.78. The van der Waals surface area contributed by atoms with Crippen LogP contribution in [0.3, 0.4) is 0 Å². The second kappa shape index (κ2) is 6.30. The first-order valence-corrected chi connectivity index (χ1v) is 8.72. The van der Waals surface area contributed by atoms with Crippen LogP contribution in [0.2, 0.25) is 0 Å². The van der Waals surface area contributed by atoms with E-state index in [4.69, 9.17) is 9.47 Å². The van der Waals surface area contributed by atoms with Crippen LogP contribution in [-0.4, -0.2) is 73.9 Å². The van der Waals surface area contributed by atoms with E-state index in [-0.39, 0.29) is 0 Å². The predicted molar refractivity (Wildman–Crippen MR) is 89.9 cm³/mol. The van der Waals surface area contributed by atoms with E-state index in [1.165, 1.54) is 38.0 Å². The lowest BCUT2D eigenvalue weighted by atomic mass is 10.1. The molecule has 0 amide bonds. The van der Waals surface area contributed by atoms with Crippen molar-refractivity contribution in [2.45, 2.75) is 31.5 Å². The quantitative estimate of drug-likeness (QED) is 0.823. The van der Waals surface area contributed by atoms with Gasteiger partial charge in [0.25, 0.3) is 0 Å². The fraction of sp³-hybridized carbons (Fsp3) is 0.667. The first kappa shape index (κ1) is 15.2. The van der Waals surface area contributed by atoms with Crippen LogP contribution in [0.25, 0.3) is 0 Å². The lowest BCUT2D eigenvalue weighted by molar-refractivity contribution is 0.174. The van der Waals surface area contributed by atoms with Gasteiger partial charge in [0.05, 0.1) is 0 Å².